The fraction of sp³-hybridized carbons (Fsp3) is 0.222. The Morgan fingerprint density at radius 3 is 2.42 bits per heavy atom. The van der Waals surface area contributed by atoms with Crippen molar-refractivity contribution >= 4 is 17.6 Å². The third kappa shape index (κ3) is 4.25. The van der Waals surface area contributed by atoms with E-state index in [4.69, 9.17) is 14.2 Å². The number of amides is 1. The van der Waals surface area contributed by atoms with Crippen molar-refractivity contribution in [1.82, 2.24) is 0 Å². The average Bonchev–Trinajstić information content (AvgIpc) is 2.60. The van der Waals surface area contributed by atoms with Gasteiger partial charge in [0.05, 0.1) is 19.9 Å². The molecule has 126 valence electrons. The van der Waals surface area contributed by atoms with Gasteiger partial charge in [-0.25, -0.2) is 4.79 Å². The number of benzene rings is 2. The summed E-state index contributed by atoms with van der Waals surface area (Å²) in [6.07, 6.45) is 0. The molecule has 0 aromatic heterocycles. The number of ether oxygens (including phenoxy) is 3. The average molecular weight is 329 g/mol. The Kier molecular flexibility index (Phi) is 5.78. The fourth-order valence-electron chi connectivity index (χ4n) is 2.12. The summed E-state index contributed by atoms with van der Waals surface area (Å²) in [7, 11) is 2.98. The van der Waals surface area contributed by atoms with Crippen LogP contribution in [0.15, 0.2) is 42.5 Å². The van der Waals surface area contributed by atoms with E-state index in [1.54, 1.807) is 36.4 Å². The van der Waals surface area contributed by atoms with Gasteiger partial charge in [0.25, 0.3) is 5.91 Å². The van der Waals surface area contributed by atoms with Crippen molar-refractivity contribution in [2.75, 3.05) is 26.1 Å². The van der Waals surface area contributed by atoms with Gasteiger partial charge >= 0.3 is 5.97 Å². The molecule has 0 saturated heterocycles. The molecular weight excluding hydrogens is 310 g/mol. The normalized spacial score (nSPS) is 9.96. The van der Waals surface area contributed by atoms with Gasteiger partial charge in [0, 0.05) is 0 Å². The molecule has 1 N–H and O–H groups in total. The Morgan fingerprint density at radius 1 is 1.00 bits per heavy atom. The minimum Gasteiger partial charge on any atom is -0.496 e. The highest BCUT2D eigenvalue weighted by Crippen LogP contribution is 2.23. The second-order valence-electron chi connectivity index (χ2n) is 5.03. The topological polar surface area (TPSA) is 73.9 Å². The van der Waals surface area contributed by atoms with E-state index in [0.29, 0.717) is 17.2 Å². The van der Waals surface area contributed by atoms with Crippen LogP contribution in [0.5, 0.6) is 11.5 Å². The highest BCUT2D eigenvalue weighted by molar-refractivity contribution is 5.97. The highest BCUT2D eigenvalue weighted by atomic mass is 16.5. The lowest BCUT2D eigenvalue weighted by molar-refractivity contribution is -0.119. The van der Waals surface area contributed by atoms with Crippen molar-refractivity contribution in [3.63, 3.8) is 0 Å². The van der Waals surface area contributed by atoms with Crippen LogP contribution >= 0.6 is 0 Å². The van der Waals surface area contributed by atoms with Crippen molar-refractivity contribution in [3.05, 3.63) is 53.6 Å². The third-order valence-electron chi connectivity index (χ3n) is 3.29. The number of rotatable bonds is 6. The first-order valence-corrected chi connectivity index (χ1v) is 7.29. The number of nitrogens with one attached hydrogen (secondary N) is 1. The second kappa shape index (κ2) is 8.01. The molecule has 2 aromatic rings. The maximum Gasteiger partial charge on any atom is 0.342 e. The lowest BCUT2D eigenvalue weighted by Crippen LogP contribution is -2.21. The molecule has 2 rings (SSSR count). The summed E-state index contributed by atoms with van der Waals surface area (Å²) in [6.45, 7) is 1.44. The van der Waals surface area contributed by atoms with Gasteiger partial charge in [-0.2, -0.15) is 0 Å². The maximum atomic E-state index is 12.1. The van der Waals surface area contributed by atoms with Crippen molar-refractivity contribution in [1.29, 1.82) is 0 Å². The van der Waals surface area contributed by atoms with Gasteiger partial charge in [-0.15, -0.1) is 0 Å². The van der Waals surface area contributed by atoms with Crippen LogP contribution < -0.4 is 14.8 Å². The van der Waals surface area contributed by atoms with E-state index in [0.717, 1.165) is 5.56 Å². The van der Waals surface area contributed by atoms with E-state index in [1.165, 1.54) is 14.2 Å². The molecule has 0 atom stereocenters. The number of para-hydroxylation sites is 2. The monoisotopic (exact) mass is 329 g/mol. The molecule has 0 radical (unpaired) electrons. The molecule has 0 aliphatic rings. The summed E-state index contributed by atoms with van der Waals surface area (Å²) in [4.78, 5) is 24.1. The van der Waals surface area contributed by atoms with E-state index >= 15 is 0 Å². The summed E-state index contributed by atoms with van der Waals surface area (Å²) in [5.41, 5.74) is 1.68. The van der Waals surface area contributed by atoms with Crippen LogP contribution in [-0.4, -0.2) is 32.7 Å². The Balaban J connectivity index is 1.99. The molecule has 0 unspecified atom stereocenters. The number of esters is 1. The SMILES string of the molecule is COc1ccccc1NC(=O)COC(=O)c1cc(C)ccc1OC. The predicted octanol–water partition coefficient (Wildman–Crippen LogP) is 2.81. The Morgan fingerprint density at radius 2 is 1.71 bits per heavy atom. The first-order valence-electron chi connectivity index (χ1n) is 7.29. The Hall–Kier alpha value is -3.02. The van der Waals surface area contributed by atoms with Crippen LogP contribution in [0.1, 0.15) is 15.9 Å². The molecule has 0 bridgehead atoms. The van der Waals surface area contributed by atoms with E-state index in [1.807, 2.05) is 13.0 Å². The molecule has 0 heterocycles. The van der Waals surface area contributed by atoms with Gasteiger partial charge in [0.1, 0.15) is 17.1 Å². The fourth-order valence-corrected chi connectivity index (χ4v) is 2.12. The van der Waals surface area contributed by atoms with Gasteiger partial charge in [0.2, 0.25) is 0 Å². The molecule has 0 spiro atoms. The number of carbonyl (C=O) groups excluding carboxylic acids is 2. The van der Waals surface area contributed by atoms with Gasteiger partial charge in [-0.3, -0.25) is 4.79 Å². The smallest absolute Gasteiger partial charge is 0.342 e. The summed E-state index contributed by atoms with van der Waals surface area (Å²) in [6, 6.07) is 12.1. The zero-order valence-electron chi connectivity index (χ0n) is 13.8. The Labute approximate surface area is 140 Å². The largest absolute Gasteiger partial charge is 0.496 e. The summed E-state index contributed by atoms with van der Waals surface area (Å²) in [5.74, 6) is -0.154. The van der Waals surface area contributed by atoms with Gasteiger partial charge in [-0.05, 0) is 31.2 Å². The molecular formula is C18H19NO5. The van der Waals surface area contributed by atoms with Crippen LogP contribution in [0.4, 0.5) is 5.69 Å². The van der Waals surface area contributed by atoms with E-state index in [-0.39, 0.29) is 5.56 Å². The van der Waals surface area contributed by atoms with Crippen LogP contribution in [0, 0.1) is 6.92 Å². The number of methoxy groups -OCH3 is 2. The van der Waals surface area contributed by atoms with Crippen LogP contribution in [-0.2, 0) is 9.53 Å². The summed E-state index contributed by atoms with van der Waals surface area (Å²) < 4.78 is 15.3. The lowest BCUT2D eigenvalue weighted by Gasteiger charge is -2.11. The highest BCUT2D eigenvalue weighted by Gasteiger charge is 2.16. The molecule has 24 heavy (non-hydrogen) atoms. The van der Waals surface area contributed by atoms with Crippen LogP contribution in [0.3, 0.4) is 0 Å². The molecule has 0 aliphatic carbocycles. The molecule has 1 amide bonds. The molecule has 0 aliphatic heterocycles. The molecule has 6 nitrogen and oxygen atoms in total. The van der Waals surface area contributed by atoms with Gasteiger partial charge in [0.15, 0.2) is 6.61 Å². The van der Waals surface area contributed by atoms with E-state index < -0.39 is 18.5 Å². The molecule has 2 aromatic carbocycles. The van der Waals surface area contributed by atoms with Crippen LogP contribution in [0.2, 0.25) is 0 Å². The van der Waals surface area contributed by atoms with Gasteiger partial charge < -0.3 is 19.5 Å². The Bertz CT molecular complexity index is 742. The zero-order chi connectivity index (χ0) is 17.5. The summed E-state index contributed by atoms with van der Waals surface area (Å²) in [5, 5.41) is 2.64. The van der Waals surface area contributed by atoms with E-state index in [2.05, 4.69) is 5.32 Å². The van der Waals surface area contributed by atoms with Crippen molar-refractivity contribution in [2.24, 2.45) is 0 Å². The number of aryl methyl sites for hydroxylation is 1. The quantitative estimate of drug-likeness (QED) is 0.825. The molecule has 0 saturated carbocycles. The second-order valence-corrected chi connectivity index (χ2v) is 5.03. The number of carbonyl (C=O) groups is 2. The standard InChI is InChI=1S/C18H19NO5/c1-12-8-9-15(22-2)13(10-12)18(21)24-11-17(20)19-14-6-4-5-7-16(14)23-3/h4-10H,11H2,1-3H3,(H,19,20). The predicted molar refractivity (Wildman–Crippen MR) is 89.6 cm³/mol. The zero-order valence-corrected chi connectivity index (χ0v) is 13.8. The summed E-state index contributed by atoms with van der Waals surface area (Å²) >= 11 is 0. The number of anilines is 1. The molecule has 0 fully saturated rings. The van der Waals surface area contributed by atoms with E-state index in [9.17, 15) is 9.59 Å². The van der Waals surface area contributed by atoms with Crippen molar-refractivity contribution < 1.29 is 23.8 Å². The van der Waals surface area contributed by atoms with Crippen molar-refractivity contribution in [2.45, 2.75) is 6.92 Å². The number of hydrogen-bond acceptors (Lipinski definition) is 5. The van der Waals surface area contributed by atoms with Crippen LogP contribution in [0.25, 0.3) is 0 Å². The minimum atomic E-state index is -0.620. The maximum absolute atomic E-state index is 12.1. The number of hydrogen-bond donors (Lipinski definition) is 1. The molecule has 6 heteroatoms. The first kappa shape index (κ1) is 17.3. The van der Waals surface area contributed by atoms with Gasteiger partial charge in [-0.1, -0.05) is 23.8 Å². The van der Waals surface area contributed by atoms with Crippen molar-refractivity contribution in [3.8, 4) is 11.5 Å². The lowest BCUT2D eigenvalue weighted by atomic mass is 10.1. The minimum absolute atomic E-state index is 0.280. The third-order valence-corrected chi connectivity index (χ3v) is 3.29. The first-order chi connectivity index (χ1) is 11.5.